The van der Waals surface area contributed by atoms with Crippen molar-refractivity contribution in [2.75, 3.05) is 11.9 Å². The molecule has 0 spiro atoms. The summed E-state index contributed by atoms with van der Waals surface area (Å²) in [6.45, 7) is 1.85. The Morgan fingerprint density at radius 1 is 1.39 bits per heavy atom. The van der Waals surface area contributed by atoms with Crippen LogP contribution in [0.15, 0.2) is 30.3 Å². The van der Waals surface area contributed by atoms with Gasteiger partial charge in [-0.25, -0.2) is 4.98 Å². The Kier molecular flexibility index (Phi) is 4.19. The van der Waals surface area contributed by atoms with Gasteiger partial charge >= 0.3 is 0 Å². The fourth-order valence-corrected chi connectivity index (χ4v) is 3.37. The van der Waals surface area contributed by atoms with Gasteiger partial charge in [0.15, 0.2) is 5.13 Å². The fraction of sp³-hybridized carbons (Fsp3) is 0.188. The summed E-state index contributed by atoms with van der Waals surface area (Å²) in [5.74, 6) is -0.164. The quantitative estimate of drug-likeness (QED) is 0.680. The van der Waals surface area contributed by atoms with Gasteiger partial charge in [-0.2, -0.15) is 5.10 Å². The van der Waals surface area contributed by atoms with Crippen LogP contribution in [0, 0.1) is 6.92 Å². The molecule has 5 nitrogen and oxygen atoms in total. The molecule has 7 heteroatoms. The first kappa shape index (κ1) is 15.7. The molecule has 0 saturated heterocycles. The number of fused-ring (bicyclic) bond motifs is 1. The first-order chi connectivity index (χ1) is 11.0. The number of halogens is 1. The zero-order valence-corrected chi connectivity index (χ0v) is 14.5. The van der Waals surface area contributed by atoms with Crippen LogP contribution in [-0.4, -0.2) is 27.7 Å². The maximum Gasteiger partial charge on any atom is 0.252 e. The van der Waals surface area contributed by atoms with Crippen molar-refractivity contribution in [3.05, 3.63) is 46.8 Å². The fourth-order valence-electron chi connectivity index (χ4n) is 2.20. The number of thiazole rings is 1. The zero-order chi connectivity index (χ0) is 16.6. The van der Waals surface area contributed by atoms with E-state index in [9.17, 15) is 4.79 Å². The minimum atomic E-state index is -0.164. The summed E-state index contributed by atoms with van der Waals surface area (Å²) >= 11 is 7.64. The predicted molar refractivity (Wildman–Crippen MR) is 95.0 cm³/mol. The summed E-state index contributed by atoms with van der Waals surface area (Å²) in [6, 6.07) is 7.81. The molecule has 23 heavy (non-hydrogen) atoms. The minimum absolute atomic E-state index is 0.164. The van der Waals surface area contributed by atoms with Gasteiger partial charge in [-0.3, -0.25) is 14.4 Å². The molecule has 1 amide bonds. The third-order valence-electron chi connectivity index (χ3n) is 3.49. The molecule has 0 aliphatic rings. The Balaban J connectivity index is 1.83. The molecule has 0 unspecified atom stereocenters. The van der Waals surface area contributed by atoms with Gasteiger partial charge in [-0.15, -0.1) is 0 Å². The van der Waals surface area contributed by atoms with Gasteiger partial charge in [0.2, 0.25) is 0 Å². The molecule has 2 aromatic heterocycles. The van der Waals surface area contributed by atoms with E-state index < -0.39 is 0 Å². The first-order valence-electron chi connectivity index (χ1n) is 6.98. The molecule has 118 valence electrons. The van der Waals surface area contributed by atoms with Gasteiger partial charge in [0.05, 0.1) is 15.9 Å². The van der Waals surface area contributed by atoms with Crippen LogP contribution in [-0.2, 0) is 11.8 Å². The molecule has 0 saturated carbocycles. The number of carbonyl (C=O) groups is 1. The number of hydrogen-bond donors (Lipinski definition) is 0. The van der Waals surface area contributed by atoms with Crippen molar-refractivity contribution in [1.29, 1.82) is 0 Å². The first-order valence-corrected chi connectivity index (χ1v) is 8.17. The number of rotatable bonds is 3. The van der Waals surface area contributed by atoms with E-state index in [1.165, 1.54) is 22.3 Å². The molecule has 0 atom stereocenters. The van der Waals surface area contributed by atoms with E-state index >= 15 is 0 Å². The van der Waals surface area contributed by atoms with Crippen LogP contribution in [0.25, 0.3) is 16.3 Å². The molecule has 0 N–H and O–H groups in total. The number of anilines is 1. The van der Waals surface area contributed by atoms with Gasteiger partial charge < -0.3 is 0 Å². The monoisotopic (exact) mass is 346 g/mol. The van der Waals surface area contributed by atoms with Crippen molar-refractivity contribution in [3.8, 4) is 0 Å². The van der Waals surface area contributed by atoms with Crippen LogP contribution >= 0.6 is 22.9 Å². The molecular formula is C16H15ClN4OS. The molecule has 0 aliphatic carbocycles. The van der Waals surface area contributed by atoms with Crippen molar-refractivity contribution >= 4 is 50.3 Å². The molecule has 0 bridgehead atoms. The molecule has 1 aromatic carbocycles. The molecular weight excluding hydrogens is 332 g/mol. The average molecular weight is 347 g/mol. The minimum Gasteiger partial charge on any atom is -0.288 e. The highest BCUT2D eigenvalue weighted by molar-refractivity contribution is 7.22. The average Bonchev–Trinajstić information content (AvgIpc) is 3.06. The maximum absolute atomic E-state index is 12.4. The molecule has 2 heterocycles. The lowest BCUT2D eigenvalue weighted by Gasteiger charge is -2.10. The highest BCUT2D eigenvalue weighted by Crippen LogP contribution is 2.28. The van der Waals surface area contributed by atoms with Crippen molar-refractivity contribution in [2.24, 2.45) is 7.05 Å². The summed E-state index contributed by atoms with van der Waals surface area (Å²) < 4.78 is 2.63. The highest BCUT2D eigenvalue weighted by Gasteiger charge is 2.14. The highest BCUT2D eigenvalue weighted by atomic mass is 35.5. The summed E-state index contributed by atoms with van der Waals surface area (Å²) in [5.41, 5.74) is 2.42. The molecule has 0 aliphatic heterocycles. The molecule has 0 radical (unpaired) electrons. The van der Waals surface area contributed by atoms with Gasteiger partial charge in [0.25, 0.3) is 5.91 Å². The molecule has 3 rings (SSSR count). The Morgan fingerprint density at radius 3 is 2.78 bits per heavy atom. The number of amides is 1. The summed E-state index contributed by atoms with van der Waals surface area (Å²) in [6.07, 6.45) is 3.18. The lowest BCUT2D eigenvalue weighted by molar-refractivity contribution is -0.113. The summed E-state index contributed by atoms with van der Waals surface area (Å²) in [5, 5.41) is 5.39. The smallest absolute Gasteiger partial charge is 0.252 e. The SMILES string of the molecule is Cc1nn(C)c(Cl)c1/C=C/C(=O)N(C)c1nc2ccccc2s1. The van der Waals surface area contributed by atoms with Crippen molar-refractivity contribution in [3.63, 3.8) is 0 Å². The van der Waals surface area contributed by atoms with Crippen molar-refractivity contribution < 1.29 is 4.79 Å². The third kappa shape index (κ3) is 3.00. The van der Waals surface area contributed by atoms with Crippen molar-refractivity contribution in [1.82, 2.24) is 14.8 Å². The van der Waals surface area contributed by atoms with Crippen LogP contribution in [0.1, 0.15) is 11.3 Å². The lowest BCUT2D eigenvalue weighted by atomic mass is 10.2. The van der Waals surface area contributed by atoms with E-state index in [2.05, 4.69) is 10.1 Å². The third-order valence-corrected chi connectivity index (χ3v) is 5.05. The Labute approximate surface area is 142 Å². The van der Waals surface area contributed by atoms with E-state index in [0.717, 1.165) is 21.5 Å². The Morgan fingerprint density at radius 2 is 2.13 bits per heavy atom. The van der Waals surface area contributed by atoms with E-state index in [4.69, 9.17) is 11.6 Å². The number of aryl methyl sites for hydroxylation is 2. The van der Waals surface area contributed by atoms with Crippen molar-refractivity contribution in [2.45, 2.75) is 6.92 Å². The number of carbonyl (C=O) groups excluding carboxylic acids is 1. The van der Waals surface area contributed by atoms with Gasteiger partial charge in [-0.05, 0) is 25.1 Å². The number of para-hydroxylation sites is 1. The van der Waals surface area contributed by atoms with Crippen LogP contribution in [0.3, 0.4) is 0 Å². The Bertz CT molecular complexity index is 879. The van der Waals surface area contributed by atoms with Crippen LogP contribution < -0.4 is 4.90 Å². The van der Waals surface area contributed by atoms with Crippen LogP contribution in [0.5, 0.6) is 0 Å². The van der Waals surface area contributed by atoms with Gasteiger partial charge in [-0.1, -0.05) is 35.1 Å². The second-order valence-corrected chi connectivity index (χ2v) is 6.48. The van der Waals surface area contributed by atoms with Crippen LogP contribution in [0.2, 0.25) is 5.15 Å². The predicted octanol–water partition coefficient (Wildman–Crippen LogP) is 3.67. The zero-order valence-electron chi connectivity index (χ0n) is 12.9. The number of aromatic nitrogens is 3. The summed E-state index contributed by atoms with van der Waals surface area (Å²) in [4.78, 5) is 18.4. The molecule has 3 aromatic rings. The lowest BCUT2D eigenvalue weighted by Crippen LogP contribution is -2.23. The topological polar surface area (TPSA) is 51.0 Å². The van der Waals surface area contributed by atoms with E-state index in [1.807, 2.05) is 31.2 Å². The van der Waals surface area contributed by atoms with Crippen LogP contribution in [0.4, 0.5) is 5.13 Å². The second-order valence-electron chi connectivity index (χ2n) is 5.11. The standard InChI is InChI=1S/C16H15ClN4OS/c1-10-11(15(17)21(3)19-10)8-9-14(22)20(2)16-18-12-6-4-5-7-13(12)23-16/h4-9H,1-3H3/b9-8+. The van der Waals surface area contributed by atoms with Gasteiger partial charge in [0, 0.05) is 25.7 Å². The maximum atomic E-state index is 12.4. The van der Waals surface area contributed by atoms with E-state index in [0.29, 0.717) is 10.3 Å². The summed E-state index contributed by atoms with van der Waals surface area (Å²) in [7, 11) is 3.48. The number of hydrogen-bond acceptors (Lipinski definition) is 4. The normalized spacial score (nSPS) is 11.5. The molecule has 0 fully saturated rings. The van der Waals surface area contributed by atoms with E-state index in [-0.39, 0.29) is 5.91 Å². The van der Waals surface area contributed by atoms with E-state index in [1.54, 1.807) is 24.9 Å². The second kappa shape index (κ2) is 6.14. The Hall–Kier alpha value is -2.18. The largest absolute Gasteiger partial charge is 0.288 e. The van der Waals surface area contributed by atoms with Gasteiger partial charge in [0.1, 0.15) is 5.15 Å². The number of likely N-dealkylation sites (N-methyl/N-ethyl adjacent to an activating group) is 1. The number of nitrogens with zero attached hydrogens (tertiary/aromatic N) is 4. The number of benzene rings is 1.